The number of hydrogen-bond acceptors (Lipinski definition) is 4. The van der Waals surface area contributed by atoms with E-state index in [1.165, 1.54) is 11.3 Å². The lowest BCUT2D eigenvalue weighted by Gasteiger charge is -2.22. The van der Waals surface area contributed by atoms with Crippen LogP contribution in [0.3, 0.4) is 0 Å². The van der Waals surface area contributed by atoms with Gasteiger partial charge in [0, 0.05) is 56.4 Å². The summed E-state index contributed by atoms with van der Waals surface area (Å²) in [6.07, 6.45) is 3.77. The Morgan fingerprint density at radius 3 is 2.89 bits per heavy atom. The van der Waals surface area contributed by atoms with E-state index in [0.717, 1.165) is 26.3 Å². The molecule has 0 atom stereocenters. The van der Waals surface area contributed by atoms with Crippen LogP contribution < -0.4 is 10.2 Å². The average Bonchev–Trinajstić information content (AvgIpc) is 2.37. The molecule has 0 aliphatic carbocycles. The number of nitrogens with one attached hydrogen (secondary N) is 1. The number of likely N-dealkylation sites (N-methyl/N-ethyl adjacent to an activating group) is 1. The first-order valence-corrected chi connectivity index (χ1v) is 6.60. The molecule has 0 saturated heterocycles. The molecule has 0 aliphatic rings. The highest BCUT2D eigenvalue weighted by Crippen LogP contribution is 2.17. The number of aromatic nitrogens is 1. The van der Waals surface area contributed by atoms with Gasteiger partial charge in [0.05, 0.1) is 6.61 Å². The number of hydrogen-bond donors (Lipinski definition) is 1. The highest BCUT2D eigenvalue weighted by molar-refractivity contribution is 5.51. The summed E-state index contributed by atoms with van der Waals surface area (Å²) in [7, 11) is 2.09. The zero-order valence-corrected chi connectivity index (χ0v) is 11.9. The van der Waals surface area contributed by atoms with Gasteiger partial charge in [-0.1, -0.05) is 13.8 Å². The smallest absolute Gasteiger partial charge is 0.0641 e. The Morgan fingerprint density at radius 2 is 2.22 bits per heavy atom. The lowest BCUT2D eigenvalue weighted by atomic mass is 10.2. The highest BCUT2D eigenvalue weighted by atomic mass is 16.5. The van der Waals surface area contributed by atoms with Crippen molar-refractivity contribution in [3.8, 4) is 0 Å². The molecular formula is C14H25N3O. The predicted octanol–water partition coefficient (Wildman–Crippen LogP) is 2.05. The molecule has 0 aromatic carbocycles. The van der Waals surface area contributed by atoms with Crippen molar-refractivity contribution in [3.05, 3.63) is 24.0 Å². The van der Waals surface area contributed by atoms with E-state index >= 15 is 0 Å². The number of nitrogens with zero attached hydrogens (tertiary/aromatic N) is 2. The van der Waals surface area contributed by atoms with E-state index in [0.29, 0.717) is 6.04 Å². The number of anilines is 1. The van der Waals surface area contributed by atoms with E-state index in [2.05, 4.69) is 42.2 Å². The van der Waals surface area contributed by atoms with E-state index in [1.807, 2.05) is 19.3 Å². The Bertz CT molecular complexity index is 342. The fraction of sp³-hybridized carbons (Fsp3) is 0.643. The molecule has 0 spiro atoms. The van der Waals surface area contributed by atoms with Gasteiger partial charge in [0.2, 0.25) is 0 Å². The lowest BCUT2D eigenvalue weighted by molar-refractivity contribution is 0.154. The Labute approximate surface area is 110 Å². The van der Waals surface area contributed by atoms with Crippen molar-refractivity contribution < 1.29 is 4.74 Å². The summed E-state index contributed by atoms with van der Waals surface area (Å²) in [6.45, 7) is 9.58. The van der Waals surface area contributed by atoms with Crippen molar-refractivity contribution in [3.63, 3.8) is 0 Å². The van der Waals surface area contributed by atoms with Crippen molar-refractivity contribution in [1.29, 1.82) is 0 Å². The standard InChI is InChI=1S/C14H25N3O/c1-5-18-9-8-17(4)14-6-7-15-10-13(14)11-16-12(2)3/h6-7,10,12,16H,5,8-9,11H2,1-4H3. The summed E-state index contributed by atoms with van der Waals surface area (Å²) in [4.78, 5) is 6.42. The third kappa shape index (κ3) is 5.02. The van der Waals surface area contributed by atoms with Gasteiger partial charge in [-0.15, -0.1) is 0 Å². The zero-order valence-electron chi connectivity index (χ0n) is 11.9. The van der Waals surface area contributed by atoms with Gasteiger partial charge in [-0.3, -0.25) is 4.98 Å². The first kappa shape index (κ1) is 14.9. The predicted molar refractivity (Wildman–Crippen MR) is 76.0 cm³/mol. The molecule has 0 bridgehead atoms. The molecule has 1 aromatic heterocycles. The minimum atomic E-state index is 0.479. The molecule has 4 heteroatoms. The van der Waals surface area contributed by atoms with Crippen molar-refractivity contribution in [1.82, 2.24) is 10.3 Å². The molecule has 1 N–H and O–H groups in total. The van der Waals surface area contributed by atoms with Gasteiger partial charge < -0.3 is 15.0 Å². The molecule has 1 heterocycles. The summed E-state index contributed by atoms with van der Waals surface area (Å²) in [5.41, 5.74) is 2.45. The quantitative estimate of drug-likeness (QED) is 0.718. The van der Waals surface area contributed by atoms with Crippen LogP contribution in [0.25, 0.3) is 0 Å². The molecule has 0 fully saturated rings. The van der Waals surface area contributed by atoms with Crippen LogP contribution in [-0.4, -0.2) is 37.8 Å². The van der Waals surface area contributed by atoms with Crippen LogP contribution in [0, 0.1) is 0 Å². The van der Waals surface area contributed by atoms with Gasteiger partial charge in [-0.05, 0) is 13.0 Å². The fourth-order valence-corrected chi connectivity index (χ4v) is 1.71. The maximum absolute atomic E-state index is 5.39. The van der Waals surface area contributed by atoms with Crippen LogP contribution in [-0.2, 0) is 11.3 Å². The van der Waals surface area contributed by atoms with Crippen LogP contribution >= 0.6 is 0 Å². The summed E-state index contributed by atoms with van der Waals surface area (Å²) < 4.78 is 5.39. The Morgan fingerprint density at radius 1 is 1.44 bits per heavy atom. The SMILES string of the molecule is CCOCCN(C)c1ccncc1CNC(C)C. The molecule has 0 aliphatic heterocycles. The number of rotatable bonds is 8. The van der Waals surface area contributed by atoms with Crippen molar-refractivity contribution in [2.75, 3.05) is 31.7 Å². The molecular weight excluding hydrogens is 226 g/mol. The molecule has 0 saturated carbocycles. The Kier molecular flexibility index (Phi) is 6.68. The molecule has 18 heavy (non-hydrogen) atoms. The van der Waals surface area contributed by atoms with Crippen LogP contribution in [0.5, 0.6) is 0 Å². The maximum Gasteiger partial charge on any atom is 0.0641 e. The second-order valence-electron chi connectivity index (χ2n) is 4.66. The molecule has 102 valence electrons. The average molecular weight is 251 g/mol. The normalized spacial score (nSPS) is 10.9. The molecule has 0 unspecified atom stereocenters. The highest BCUT2D eigenvalue weighted by Gasteiger charge is 2.07. The Hall–Kier alpha value is -1.13. The number of ether oxygens (including phenoxy) is 1. The Balaban J connectivity index is 2.62. The van der Waals surface area contributed by atoms with Crippen LogP contribution in [0.2, 0.25) is 0 Å². The second-order valence-corrected chi connectivity index (χ2v) is 4.66. The largest absolute Gasteiger partial charge is 0.380 e. The third-order valence-electron chi connectivity index (χ3n) is 2.77. The number of pyridine rings is 1. The molecule has 1 aromatic rings. The van der Waals surface area contributed by atoms with Crippen molar-refractivity contribution >= 4 is 5.69 Å². The molecule has 1 rings (SSSR count). The minimum absolute atomic E-state index is 0.479. The van der Waals surface area contributed by atoms with Gasteiger partial charge in [0.15, 0.2) is 0 Å². The third-order valence-corrected chi connectivity index (χ3v) is 2.77. The van der Waals surface area contributed by atoms with E-state index < -0.39 is 0 Å². The zero-order chi connectivity index (χ0) is 13.4. The fourth-order valence-electron chi connectivity index (χ4n) is 1.71. The van der Waals surface area contributed by atoms with E-state index in [1.54, 1.807) is 0 Å². The topological polar surface area (TPSA) is 37.4 Å². The van der Waals surface area contributed by atoms with Crippen molar-refractivity contribution in [2.24, 2.45) is 0 Å². The van der Waals surface area contributed by atoms with E-state index in [-0.39, 0.29) is 0 Å². The van der Waals surface area contributed by atoms with E-state index in [4.69, 9.17) is 4.74 Å². The monoisotopic (exact) mass is 251 g/mol. The van der Waals surface area contributed by atoms with Crippen LogP contribution in [0.4, 0.5) is 5.69 Å². The molecule has 0 radical (unpaired) electrons. The maximum atomic E-state index is 5.39. The van der Waals surface area contributed by atoms with Gasteiger partial charge in [-0.25, -0.2) is 0 Å². The first-order chi connectivity index (χ1) is 8.65. The summed E-state index contributed by atoms with van der Waals surface area (Å²) in [6, 6.07) is 2.54. The van der Waals surface area contributed by atoms with Crippen LogP contribution in [0.15, 0.2) is 18.5 Å². The van der Waals surface area contributed by atoms with Gasteiger partial charge in [0.1, 0.15) is 0 Å². The molecule has 4 nitrogen and oxygen atoms in total. The minimum Gasteiger partial charge on any atom is -0.380 e. The van der Waals surface area contributed by atoms with E-state index in [9.17, 15) is 0 Å². The summed E-state index contributed by atoms with van der Waals surface area (Å²) in [5.74, 6) is 0. The van der Waals surface area contributed by atoms with Crippen LogP contribution in [0.1, 0.15) is 26.3 Å². The van der Waals surface area contributed by atoms with Gasteiger partial charge in [0.25, 0.3) is 0 Å². The second kappa shape index (κ2) is 8.06. The van der Waals surface area contributed by atoms with Crippen molar-refractivity contribution in [2.45, 2.75) is 33.4 Å². The lowest BCUT2D eigenvalue weighted by Crippen LogP contribution is -2.27. The van der Waals surface area contributed by atoms with Gasteiger partial charge >= 0.3 is 0 Å². The first-order valence-electron chi connectivity index (χ1n) is 6.60. The van der Waals surface area contributed by atoms with Gasteiger partial charge in [-0.2, -0.15) is 0 Å². The summed E-state index contributed by atoms with van der Waals surface area (Å²) in [5, 5.41) is 3.43. The molecule has 0 amide bonds. The summed E-state index contributed by atoms with van der Waals surface area (Å²) >= 11 is 0.